The molecule has 0 amide bonds. The van der Waals surface area contributed by atoms with Crippen molar-refractivity contribution in [1.29, 1.82) is 0 Å². The highest BCUT2D eigenvalue weighted by atomic mass is 15.1. The Morgan fingerprint density at radius 1 is 1.00 bits per heavy atom. The topological polar surface area (TPSA) is 41.3 Å². The highest BCUT2D eigenvalue weighted by Crippen LogP contribution is 2.16. The Labute approximate surface area is 115 Å². The van der Waals surface area contributed by atoms with Crippen molar-refractivity contribution < 1.29 is 0 Å². The third-order valence-corrected chi connectivity index (χ3v) is 3.14. The number of rotatable bonds is 6. The van der Waals surface area contributed by atoms with Crippen LogP contribution < -0.4 is 16.0 Å². The fourth-order valence-electron chi connectivity index (χ4n) is 2.01. The molecule has 0 spiro atoms. The molecule has 0 atom stereocenters. The van der Waals surface area contributed by atoms with E-state index in [-0.39, 0.29) is 0 Å². The largest absolute Gasteiger partial charge is 0.397 e. The van der Waals surface area contributed by atoms with E-state index in [1.54, 1.807) is 0 Å². The predicted molar refractivity (Wildman–Crippen MR) is 83.7 cm³/mol. The highest BCUT2D eigenvalue weighted by Gasteiger charge is 2.00. The molecule has 0 saturated carbocycles. The van der Waals surface area contributed by atoms with Gasteiger partial charge in [0.25, 0.3) is 0 Å². The summed E-state index contributed by atoms with van der Waals surface area (Å²) in [5.41, 5.74) is 8.96. The lowest BCUT2D eigenvalue weighted by Gasteiger charge is -2.19. The van der Waals surface area contributed by atoms with Crippen LogP contribution in [0, 0.1) is 0 Å². The van der Waals surface area contributed by atoms with Crippen LogP contribution in [0.4, 0.5) is 17.1 Å². The van der Waals surface area contributed by atoms with Gasteiger partial charge < -0.3 is 16.0 Å². The van der Waals surface area contributed by atoms with Gasteiger partial charge in [-0.1, -0.05) is 30.3 Å². The van der Waals surface area contributed by atoms with Crippen LogP contribution in [0.2, 0.25) is 0 Å². The summed E-state index contributed by atoms with van der Waals surface area (Å²) in [4.78, 5) is 2.26. The molecule has 3 nitrogen and oxygen atoms in total. The van der Waals surface area contributed by atoms with Crippen LogP contribution in [0.1, 0.15) is 6.42 Å². The summed E-state index contributed by atoms with van der Waals surface area (Å²) in [6.45, 7) is 1.94. The van der Waals surface area contributed by atoms with Crippen molar-refractivity contribution in [2.75, 3.05) is 36.1 Å². The van der Waals surface area contributed by atoms with Crippen LogP contribution in [0.5, 0.6) is 0 Å². The molecule has 0 aliphatic heterocycles. The summed E-state index contributed by atoms with van der Waals surface area (Å²) in [7, 11) is 2.12. The maximum atomic E-state index is 5.88. The van der Waals surface area contributed by atoms with Gasteiger partial charge in [-0.3, -0.25) is 0 Å². The molecule has 0 radical (unpaired) electrons. The van der Waals surface area contributed by atoms with Crippen LogP contribution >= 0.6 is 0 Å². The van der Waals surface area contributed by atoms with E-state index in [2.05, 4.69) is 41.5 Å². The smallest absolute Gasteiger partial charge is 0.0573 e. The normalized spacial score (nSPS) is 10.2. The zero-order chi connectivity index (χ0) is 13.5. The second-order valence-corrected chi connectivity index (χ2v) is 4.62. The van der Waals surface area contributed by atoms with Gasteiger partial charge in [0, 0.05) is 25.8 Å². The minimum atomic E-state index is 0.805. The summed E-state index contributed by atoms with van der Waals surface area (Å²) in [6, 6.07) is 18.3. The molecule has 2 rings (SSSR count). The van der Waals surface area contributed by atoms with E-state index in [1.165, 1.54) is 5.69 Å². The molecule has 0 saturated heterocycles. The number of anilines is 3. The fourth-order valence-corrected chi connectivity index (χ4v) is 2.01. The lowest BCUT2D eigenvalue weighted by atomic mass is 10.2. The molecule has 0 aliphatic rings. The Morgan fingerprint density at radius 2 is 1.68 bits per heavy atom. The van der Waals surface area contributed by atoms with E-state index in [9.17, 15) is 0 Å². The summed E-state index contributed by atoms with van der Waals surface area (Å²) in [5.74, 6) is 0. The average molecular weight is 255 g/mol. The van der Waals surface area contributed by atoms with Gasteiger partial charge >= 0.3 is 0 Å². The summed E-state index contributed by atoms with van der Waals surface area (Å²) in [6.07, 6.45) is 1.07. The molecule has 19 heavy (non-hydrogen) atoms. The number of nitrogens with one attached hydrogen (secondary N) is 1. The Kier molecular flexibility index (Phi) is 4.67. The van der Waals surface area contributed by atoms with Gasteiger partial charge in [0.2, 0.25) is 0 Å². The molecule has 100 valence electrons. The zero-order valence-electron chi connectivity index (χ0n) is 11.3. The summed E-state index contributed by atoms with van der Waals surface area (Å²) >= 11 is 0. The monoisotopic (exact) mass is 255 g/mol. The van der Waals surface area contributed by atoms with Crippen molar-refractivity contribution in [3.8, 4) is 0 Å². The second kappa shape index (κ2) is 6.69. The molecule has 0 unspecified atom stereocenters. The third kappa shape index (κ3) is 3.91. The van der Waals surface area contributed by atoms with E-state index < -0.39 is 0 Å². The number of hydrogen-bond acceptors (Lipinski definition) is 3. The first-order valence-electron chi connectivity index (χ1n) is 6.62. The standard InChI is InChI=1S/C16H21N3/c1-19(14-8-3-2-4-9-14)13-7-12-18-16-11-6-5-10-15(16)17/h2-6,8-11,18H,7,12-13,17H2,1H3. The van der Waals surface area contributed by atoms with Gasteiger partial charge in [0.15, 0.2) is 0 Å². The molecule has 0 fully saturated rings. The number of para-hydroxylation sites is 3. The highest BCUT2D eigenvalue weighted by molar-refractivity contribution is 5.65. The second-order valence-electron chi connectivity index (χ2n) is 4.62. The van der Waals surface area contributed by atoms with E-state index in [4.69, 9.17) is 5.73 Å². The zero-order valence-corrected chi connectivity index (χ0v) is 11.3. The minimum Gasteiger partial charge on any atom is -0.397 e. The molecular weight excluding hydrogens is 234 g/mol. The molecular formula is C16H21N3. The number of nitrogens with two attached hydrogens (primary N) is 1. The van der Waals surface area contributed by atoms with Gasteiger partial charge in [0.05, 0.1) is 11.4 Å². The van der Waals surface area contributed by atoms with Gasteiger partial charge in [0.1, 0.15) is 0 Å². The first-order chi connectivity index (χ1) is 9.27. The number of benzene rings is 2. The first kappa shape index (κ1) is 13.3. The van der Waals surface area contributed by atoms with Crippen molar-refractivity contribution in [3.63, 3.8) is 0 Å². The summed E-state index contributed by atoms with van der Waals surface area (Å²) < 4.78 is 0. The van der Waals surface area contributed by atoms with Crippen molar-refractivity contribution in [2.45, 2.75) is 6.42 Å². The Morgan fingerprint density at radius 3 is 2.42 bits per heavy atom. The predicted octanol–water partition coefficient (Wildman–Crippen LogP) is 3.21. The minimum absolute atomic E-state index is 0.805. The maximum Gasteiger partial charge on any atom is 0.0573 e. The van der Waals surface area contributed by atoms with Crippen LogP contribution in [0.15, 0.2) is 54.6 Å². The SMILES string of the molecule is CN(CCCNc1ccccc1N)c1ccccc1. The molecule has 3 N–H and O–H groups in total. The number of nitrogen functional groups attached to an aromatic ring is 1. The van der Waals surface area contributed by atoms with Crippen LogP contribution in [-0.2, 0) is 0 Å². The molecule has 2 aromatic carbocycles. The lowest BCUT2D eigenvalue weighted by Crippen LogP contribution is -2.20. The molecule has 0 heterocycles. The Hall–Kier alpha value is -2.16. The fraction of sp³-hybridized carbons (Fsp3) is 0.250. The van der Waals surface area contributed by atoms with Crippen LogP contribution in [0.25, 0.3) is 0 Å². The van der Waals surface area contributed by atoms with Crippen molar-refractivity contribution in [1.82, 2.24) is 0 Å². The van der Waals surface area contributed by atoms with E-state index in [1.807, 2.05) is 30.3 Å². The number of hydrogen-bond donors (Lipinski definition) is 2. The first-order valence-corrected chi connectivity index (χ1v) is 6.62. The van der Waals surface area contributed by atoms with Gasteiger partial charge in [-0.05, 0) is 30.7 Å². The van der Waals surface area contributed by atoms with Crippen LogP contribution in [-0.4, -0.2) is 20.1 Å². The molecule has 2 aromatic rings. The molecule has 3 heteroatoms. The van der Waals surface area contributed by atoms with Crippen molar-refractivity contribution >= 4 is 17.1 Å². The maximum absolute atomic E-state index is 5.88. The van der Waals surface area contributed by atoms with Gasteiger partial charge in [-0.25, -0.2) is 0 Å². The van der Waals surface area contributed by atoms with Crippen molar-refractivity contribution in [2.24, 2.45) is 0 Å². The van der Waals surface area contributed by atoms with Crippen LogP contribution in [0.3, 0.4) is 0 Å². The lowest BCUT2D eigenvalue weighted by molar-refractivity contribution is 0.817. The quantitative estimate of drug-likeness (QED) is 0.615. The Bertz CT molecular complexity index is 496. The summed E-state index contributed by atoms with van der Waals surface area (Å²) in [5, 5.41) is 3.37. The number of nitrogens with zero attached hydrogens (tertiary/aromatic N) is 1. The third-order valence-electron chi connectivity index (χ3n) is 3.14. The average Bonchev–Trinajstić information content (AvgIpc) is 2.46. The van der Waals surface area contributed by atoms with E-state index in [0.717, 1.165) is 30.9 Å². The molecule has 0 aliphatic carbocycles. The Balaban J connectivity index is 1.74. The van der Waals surface area contributed by atoms with Gasteiger partial charge in [-0.2, -0.15) is 0 Å². The van der Waals surface area contributed by atoms with Crippen molar-refractivity contribution in [3.05, 3.63) is 54.6 Å². The molecule has 0 bridgehead atoms. The van der Waals surface area contributed by atoms with Gasteiger partial charge in [-0.15, -0.1) is 0 Å². The van der Waals surface area contributed by atoms with E-state index in [0.29, 0.717) is 0 Å². The molecule has 0 aromatic heterocycles. The van der Waals surface area contributed by atoms with E-state index >= 15 is 0 Å².